The molecule has 7 heteroatoms. The van der Waals surface area contributed by atoms with Crippen LogP contribution in [0.25, 0.3) is 11.5 Å². The molecule has 3 aromatic carbocycles. The molecule has 0 aliphatic carbocycles. The van der Waals surface area contributed by atoms with Crippen LogP contribution >= 0.6 is 0 Å². The number of rotatable bonds is 11. The van der Waals surface area contributed by atoms with Gasteiger partial charge in [0.1, 0.15) is 24.9 Å². The van der Waals surface area contributed by atoms with Gasteiger partial charge in [-0.05, 0) is 42.0 Å². The Morgan fingerprint density at radius 2 is 1.62 bits per heavy atom. The number of methoxy groups -OCH3 is 2. The maximum atomic E-state index is 10.7. The van der Waals surface area contributed by atoms with Crippen molar-refractivity contribution in [2.45, 2.75) is 13.0 Å². The third kappa shape index (κ3) is 5.56. The number of benzene rings is 3. The lowest BCUT2D eigenvalue weighted by atomic mass is 10.1. The second kappa shape index (κ2) is 11.0. The quantitative estimate of drug-likeness (QED) is 0.279. The summed E-state index contributed by atoms with van der Waals surface area (Å²) in [5.41, 5.74) is 3.10. The van der Waals surface area contributed by atoms with Crippen LogP contribution in [0.3, 0.4) is 0 Å². The van der Waals surface area contributed by atoms with E-state index in [0.29, 0.717) is 59.7 Å². The Morgan fingerprint density at radius 3 is 2.26 bits per heavy atom. The Morgan fingerprint density at radius 1 is 0.912 bits per heavy atom. The molecule has 174 valence electrons. The molecule has 0 saturated carbocycles. The molecule has 1 aromatic heterocycles. The molecule has 0 aliphatic heterocycles. The lowest BCUT2D eigenvalue weighted by Crippen LogP contribution is -2.02. The third-order valence-corrected chi connectivity index (χ3v) is 5.13. The highest BCUT2D eigenvalue weighted by molar-refractivity contribution is 5.74. The van der Waals surface area contributed by atoms with Crippen molar-refractivity contribution in [1.29, 1.82) is 0 Å². The number of carbonyl (C=O) groups is 1. The molecule has 0 spiro atoms. The number of carbonyl (C=O) groups excluding carboxylic acids is 1. The largest absolute Gasteiger partial charge is 0.493 e. The third-order valence-electron chi connectivity index (χ3n) is 5.13. The van der Waals surface area contributed by atoms with Crippen LogP contribution in [0.5, 0.6) is 23.0 Å². The monoisotopic (exact) mass is 459 g/mol. The van der Waals surface area contributed by atoms with E-state index in [2.05, 4.69) is 4.98 Å². The topological polar surface area (TPSA) is 80.0 Å². The summed E-state index contributed by atoms with van der Waals surface area (Å²) in [6.07, 6.45) is 2.96. The van der Waals surface area contributed by atoms with Gasteiger partial charge >= 0.3 is 0 Å². The summed E-state index contributed by atoms with van der Waals surface area (Å²) in [6.45, 7) is 0.805. The fourth-order valence-corrected chi connectivity index (χ4v) is 3.35. The van der Waals surface area contributed by atoms with E-state index in [1.807, 2.05) is 42.5 Å². The maximum absolute atomic E-state index is 10.7. The van der Waals surface area contributed by atoms with E-state index in [-0.39, 0.29) is 0 Å². The number of aromatic nitrogens is 1. The first-order valence-corrected chi connectivity index (χ1v) is 10.8. The van der Waals surface area contributed by atoms with Gasteiger partial charge in [0.25, 0.3) is 0 Å². The lowest BCUT2D eigenvalue weighted by Gasteiger charge is -2.15. The van der Waals surface area contributed by atoms with Crippen LogP contribution in [-0.4, -0.2) is 32.1 Å². The minimum absolute atomic E-state index is 0.383. The van der Waals surface area contributed by atoms with Crippen LogP contribution in [0.1, 0.15) is 21.6 Å². The summed E-state index contributed by atoms with van der Waals surface area (Å²) in [5.74, 6) is 2.68. The zero-order valence-corrected chi connectivity index (χ0v) is 19.0. The first-order chi connectivity index (χ1) is 16.7. The highest BCUT2D eigenvalue weighted by atomic mass is 16.5. The number of oxazole rings is 1. The fraction of sp³-hybridized carbons (Fsp3) is 0.185. The van der Waals surface area contributed by atoms with Gasteiger partial charge in [-0.1, -0.05) is 30.3 Å². The summed E-state index contributed by atoms with van der Waals surface area (Å²) in [6, 6.07) is 20.4. The molecule has 0 fully saturated rings. The molecule has 0 unspecified atom stereocenters. The van der Waals surface area contributed by atoms with E-state index in [9.17, 15) is 4.79 Å². The van der Waals surface area contributed by atoms with Gasteiger partial charge in [-0.2, -0.15) is 0 Å². The summed E-state index contributed by atoms with van der Waals surface area (Å²) in [5, 5.41) is 0. The second-order valence-electron chi connectivity index (χ2n) is 7.41. The number of hydrogen-bond acceptors (Lipinski definition) is 7. The number of aldehydes is 1. The average Bonchev–Trinajstić information content (AvgIpc) is 3.37. The van der Waals surface area contributed by atoms with Crippen LogP contribution in [0, 0.1) is 0 Å². The summed E-state index contributed by atoms with van der Waals surface area (Å²) in [7, 11) is 3.15. The van der Waals surface area contributed by atoms with E-state index in [0.717, 1.165) is 17.5 Å². The van der Waals surface area contributed by atoms with E-state index in [4.69, 9.17) is 23.4 Å². The van der Waals surface area contributed by atoms with Crippen molar-refractivity contribution < 1.29 is 28.2 Å². The highest BCUT2D eigenvalue weighted by Gasteiger charge is 2.18. The van der Waals surface area contributed by atoms with Crippen LogP contribution < -0.4 is 18.9 Å². The van der Waals surface area contributed by atoms with Gasteiger partial charge in [-0.15, -0.1) is 0 Å². The minimum Gasteiger partial charge on any atom is -0.493 e. The molecule has 0 saturated heterocycles. The van der Waals surface area contributed by atoms with Crippen molar-refractivity contribution in [3.8, 4) is 34.5 Å². The maximum Gasteiger partial charge on any atom is 0.226 e. The Hall–Kier alpha value is -4.26. The molecule has 0 N–H and O–H groups in total. The molecule has 34 heavy (non-hydrogen) atoms. The Bertz CT molecular complexity index is 1190. The minimum atomic E-state index is 0.383. The first-order valence-electron chi connectivity index (χ1n) is 10.8. The second-order valence-corrected chi connectivity index (χ2v) is 7.41. The van der Waals surface area contributed by atoms with Crippen LogP contribution in [0.4, 0.5) is 0 Å². The smallest absolute Gasteiger partial charge is 0.226 e. The van der Waals surface area contributed by atoms with E-state index in [1.54, 1.807) is 44.7 Å². The van der Waals surface area contributed by atoms with Gasteiger partial charge in [0.15, 0.2) is 11.5 Å². The summed E-state index contributed by atoms with van der Waals surface area (Å²) >= 11 is 0. The van der Waals surface area contributed by atoms with Gasteiger partial charge in [0, 0.05) is 17.5 Å². The predicted octanol–water partition coefficient (Wildman–Crippen LogP) is 5.37. The molecular formula is C27H25NO6. The van der Waals surface area contributed by atoms with Crippen molar-refractivity contribution in [2.75, 3.05) is 20.8 Å². The lowest BCUT2D eigenvalue weighted by molar-refractivity contribution is 0.112. The van der Waals surface area contributed by atoms with Gasteiger partial charge in [0.05, 0.1) is 26.5 Å². The zero-order chi connectivity index (χ0) is 23.8. The van der Waals surface area contributed by atoms with Crippen LogP contribution in [0.2, 0.25) is 0 Å². The summed E-state index contributed by atoms with van der Waals surface area (Å²) in [4.78, 5) is 15.3. The number of hydrogen-bond donors (Lipinski definition) is 0. The molecule has 0 radical (unpaired) electrons. The SMILES string of the molecule is COc1cc(-c2nc(CCOc3ccc(C=O)cc3)co2)cc(OC)c1OCc1ccccc1. The van der Waals surface area contributed by atoms with E-state index >= 15 is 0 Å². The van der Waals surface area contributed by atoms with Crippen molar-refractivity contribution in [3.05, 3.63) is 89.8 Å². The molecular weight excluding hydrogens is 434 g/mol. The van der Waals surface area contributed by atoms with E-state index < -0.39 is 0 Å². The van der Waals surface area contributed by atoms with Gasteiger partial charge < -0.3 is 23.4 Å². The molecule has 7 nitrogen and oxygen atoms in total. The van der Waals surface area contributed by atoms with Crippen molar-refractivity contribution in [1.82, 2.24) is 4.98 Å². The Kier molecular flexibility index (Phi) is 7.45. The normalized spacial score (nSPS) is 10.5. The van der Waals surface area contributed by atoms with Crippen LogP contribution in [-0.2, 0) is 13.0 Å². The number of ether oxygens (including phenoxy) is 4. The molecule has 0 atom stereocenters. The van der Waals surface area contributed by atoms with Crippen LogP contribution in [0.15, 0.2) is 77.4 Å². The van der Waals surface area contributed by atoms with Crippen molar-refractivity contribution in [3.63, 3.8) is 0 Å². The predicted molar refractivity (Wildman–Crippen MR) is 127 cm³/mol. The number of nitrogens with zero attached hydrogens (tertiary/aromatic N) is 1. The zero-order valence-electron chi connectivity index (χ0n) is 19.0. The Labute approximate surface area is 197 Å². The summed E-state index contributed by atoms with van der Waals surface area (Å²) < 4.78 is 28.5. The van der Waals surface area contributed by atoms with Gasteiger partial charge in [-0.3, -0.25) is 4.79 Å². The average molecular weight is 459 g/mol. The molecule has 0 bridgehead atoms. The first kappa shape index (κ1) is 22.9. The van der Waals surface area contributed by atoms with E-state index in [1.165, 1.54) is 0 Å². The fourth-order valence-electron chi connectivity index (χ4n) is 3.35. The van der Waals surface area contributed by atoms with Gasteiger partial charge in [-0.25, -0.2) is 4.98 Å². The molecule has 0 aliphatic rings. The highest BCUT2D eigenvalue weighted by Crippen LogP contribution is 2.41. The molecule has 4 aromatic rings. The van der Waals surface area contributed by atoms with Crippen molar-refractivity contribution >= 4 is 6.29 Å². The Balaban J connectivity index is 1.44. The molecule has 0 amide bonds. The molecule has 4 rings (SSSR count). The standard InChI is InChI=1S/C27H25NO6/c1-30-24-14-21(15-25(31-2)26(24)33-17-20-6-4-3-5-7-20)27-28-22(18-34-27)12-13-32-23-10-8-19(16-29)9-11-23/h3-11,14-16,18H,12-13,17H2,1-2H3. The van der Waals surface area contributed by atoms with Gasteiger partial charge in [0.2, 0.25) is 11.6 Å². The van der Waals surface area contributed by atoms with Crippen molar-refractivity contribution in [2.24, 2.45) is 0 Å². The molecule has 1 heterocycles.